The van der Waals surface area contributed by atoms with Crippen molar-refractivity contribution in [1.82, 2.24) is 4.90 Å². The van der Waals surface area contributed by atoms with Gasteiger partial charge in [-0.1, -0.05) is 31.5 Å². The van der Waals surface area contributed by atoms with E-state index >= 15 is 0 Å². The van der Waals surface area contributed by atoms with Crippen LogP contribution in [0.1, 0.15) is 44.4 Å². The largest absolute Gasteiger partial charge is 0.508 e. The van der Waals surface area contributed by atoms with E-state index in [1.54, 1.807) is 0 Å². The van der Waals surface area contributed by atoms with Crippen molar-refractivity contribution in [2.45, 2.75) is 40.2 Å². The Labute approximate surface area is 111 Å². The fourth-order valence-electron chi connectivity index (χ4n) is 2.85. The minimum atomic E-state index is 0.305. The van der Waals surface area contributed by atoms with Crippen LogP contribution in [0, 0.1) is 18.8 Å². The molecule has 0 amide bonds. The summed E-state index contributed by atoms with van der Waals surface area (Å²) in [7, 11) is 0. The molecule has 0 saturated carbocycles. The summed E-state index contributed by atoms with van der Waals surface area (Å²) in [6.45, 7) is 11.2. The van der Waals surface area contributed by atoms with Crippen molar-refractivity contribution in [1.29, 1.82) is 0 Å². The van der Waals surface area contributed by atoms with E-state index in [0.717, 1.165) is 30.5 Å². The topological polar surface area (TPSA) is 23.5 Å². The Morgan fingerprint density at radius 1 is 1.28 bits per heavy atom. The van der Waals surface area contributed by atoms with Gasteiger partial charge >= 0.3 is 0 Å². The maximum atomic E-state index is 10.0. The van der Waals surface area contributed by atoms with E-state index in [0.29, 0.717) is 11.8 Å². The number of benzene rings is 1. The highest BCUT2D eigenvalue weighted by molar-refractivity contribution is 5.37. The van der Waals surface area contributed by atoms with E-state index in [1.165, 1.54) is 12.0 Å². The lowest BCUT2D eigenvalue weighted by atomic mass is 9.87. The number of hydrogen-bond donors (Lipinski definition) is 1. The molecule has 100 valence electrons. The molecule has 3 unspecified atom stereocenters. The predicted octanol–water partition coefficient (Wildman–Crippen LogP) is 3.74. The van der Waals surface area contributed by atoms with Crippen LogP contribution in [0.25, 0.3) is 0 Å². The lowest BCUT2D eigenvalue weighted by Gasteiger charge is -2.39. The molecule has 1 aliphatic rings. The van der Waals surface area contributed by atoms with Gasteiger partial charge in [0.05, 0.1) is 0 Å². The maximum Gasteiger partial charge on any atom is 0.120 e. The van der Waals surface area contributed by atoms with Crippen LogP contribution in [0.4, 0.5) is 0 Å². The van der Waals surface area contributed by atoms with Gasteiger partial charge in [0, 0.05) is 18.2 Å². The van der Waals surface area contributed by atoms with Gasteiger partial charge in [-0.25, -0.2) is 0 Å². The first kappa shape index (κ1) is 13.4. The molecule has 0 radical (unpaired) electrons. The number of phenols is 1. The maximum absolute atomic E-state index is 10.0. The minimum absolute atomic E-state index is 0.305. The molecule has 0 aliphatic carbocycles. The molecule has 3 atom stereocenters. The quantitative estimate of drug-likeness (QED) is 0.860. The lowest BCUT2D eigenvalue weighted by Crippen LogP contribution is -2.39. The summed E-state index contributed by atoms with van der Waals surface area (Å²) in [5, 5.41) is 10.0. The fourth-order valence-corrected chi connectivity index (χ4v) is 2.85. The van der Waals surface area contributed by atoms with E-state index in [-0.39, 0.29) is 0 Å². The Hall–Kier alpha value is -1.02. The van der Waals surface area contributed by atoms with Gasteiger partial charge in [0.15, 0.2) is 0 Å². The van der Waals surface area contributed by atoms with Crippen LogP contribution in [-0.4, -0.2) is 23.1 Å². The van der Waals surface area contributed by atoms with Gasteiger partial charge in [0.1, 0.15) is 5.75 Å². The highest BCUT2D eigenvalue weighted by atomic mass is 16.3. The van der Waals surface area contributed by atoms with E-state index < -0.39 is 0 Å². The lowest BCUT2D eigenvalue weighted by molar-refractivity contribution is 0.102. The van der Waals surface area contributed by atoms with E-state index in [9.17, 15) is 5.11 Å². The van der Waals surface area contributed by atoms with Gasteiger partial charge in [-0.15, -0.1) is 0 Å². The highest BCUT2D eigenvalue weighted by Gasteiger charge is 2.27. The van der Waals surface area contributed by atoms with Crippen molar-refractivity contribution < 1.29 is 5.11 Å². The first-order valence-corrected chi connectivity index (χ1v) is 7.02. The smallest absolute Gasteiger partial charge is 0.120 e. The second-order valence-electron chi connectivity index (χ2n) is 5.98. The van der Waals surface area contributed by atoms with Crippen LogP contribution < -0.4 is 0 Å². The molecule has 2 nitrogen and oxygen atoms in total. The molecule has 1 aliphatic heterocycles. The van der Waals surface area contributed by atoms with Crippen LogP contribution in [0.3, 0.4) is 0 Å². The summed E-state index contributed by atoms with van der Waals surface area (Å²) < 4.78 is 0. The summed E-state index contributed by atoms with van der Waals surface area (Å²) in [6.07, 6.45) is 1.26. The van der Waals surface area contributed by atoms with Gasteiger partial charge in [-0.05, 0) is 44.7 Å². The van der Waals surface area contributed by atoms with Crippen molar-refractivity contribution in [2.75, 3.05) is 13.1 Å². The Bertz CT molecular complexity index is 416. The number of hydrogen-bond acceptors (Lipinski definition) is 2. The van der Waals surface area contributed by atoms with Crippen LogP contribution in [0.15, 0.2) is 18.2 Å². The summed E-state index contributed by atoms with van der Waals surface area (Å²) in [5.74, 6) is 1.99. The average molecular weight is 247 g/mol. The van der Waals surface area contributed by atoms with Crippen molar-refractivity contribution in [3.63, 3.8) is 0 Å². The summed E-state index contributed by atoms with van der Waals surface area (Å²) in [4.78, 5) is 2.50. The van der Waals surface area contributed by atoms with Gasteiger partial charge in [-0.2, -0.15) is 0 Å². The zero-order chi connectivity index (χ0) is 13.3. The molecular formula is C16H25NO. The second-order valence-corrected chi connectivity index (χ2v) is 5.98. The molecule has 1 aromatic rings. The normalized spacial score (nSPS) is 27.1. The number of nitrogens with zero attached hydrogens (tertiary/aromatic N) is 1. The third-order valence-corrected chi connectivity index (χ3v) is 4.55. The summed E-state index contributed by atoms with van der Waals surface area (Å²) in [6, 6.07) is 6.20. The fraction of sp³-hybridized carbons (Fsp3) is 0.625. The van der Waals surface area contributed by atoms with E-state index in [4.69, 9.17) is 0 Å². The monoisotopic (exact) mass is 247 g/mol. The van der Waals surface area contributed by atoms with Crippen LogP contribution >= 0.6 is 0 Å². The molecular weight excluding hydrogens is 222 g/mol. The third kappa shape index (κ3) is 2.69. The Balaban J connectivity index is 2.16. The second kappa shape index (κ2) is 5.31. The molecule has 0 bridgehead atoms. The minimum Gasteiger partial charge on any atom is -0.508 e. The Morgan fingerprint density at radius 2 is 2.00 bits per heavy atom. The molecule has 1 N–H and O–H groups in total. The zero-order valence-corrected chi connectivity index (χ0v) is 12.0. The molecule has 2 heteroatoms. The molecule has 0 spiro atoms. The first-order valence-electron chi connectivity index (χ1n) is 7.02. The highest BCUT2D eigenvalue weighted by Crippen LogP contribution is 2.33. The van der Waals surface area contributed by atoms with Crippen LogP contribution in [0.2, 0.25) is 0 Å². The van der Waals surface area contributed by atoms with Crippen molar-refractivity contribution in [3.05, 3.63) is 29.3 Å². The zero-order valence-electron chi connectivity index (χ0n) is 12.0. The number of aromatic hydroxyl groups is 1. The van der Waals surface area contributed by atoms with E-state index in [2.05, 4.69) is 38.7 Å². The molecule has 1 heterocycles. The van der Waals surface area contributed by atoms with Gasteiger partial charge in [0.2, 0.25) is 0 Å². The predicted molar refractivity (Wildman–Crippen MR) is 75.8 cm³/mol. The first-order chi connectivity index (χ1) is 8.49. The van der Waals surface area contributed by atoms with Gasteiger partial charge < -0.3 is 5.11 Å². The van der Waals surface area contributed by atoms with Gasteiger partial charge in [0.25, 0.3) is 0 Å². The number of likely N-dealkylation sites (tertiary alicyclic amines) is 1. The molecule has 18 heavy (non-hydrogen) atoms. The van der Waals surface area contributed by atoms with Crippen LogP contribution in [0.5, 0.6) is 5.75 Å². The molecule has 0 aromatic heterocycles. The standard InChI is InChI=1S/C16H25NO/c1-11-5-6-16(18)15(9-11)14(4)17-8-7-12(2)13(3)10-17/h5-6,9,12-14,18H,7-8,10H2,1-4H3. The number of phenolic OH excluding ortho intramolecular Hbond substituents is 1. The summed E-state index contributed by atoms with van der Waals surface area (Å²) >= 11 is 0. The third-order valence-electron chi connectivity index (χ3n) is 4.55. The number of aryl methyl sites for hydroxylation is 1. The van der Waals surface area contributed by atoms with Crippen molar-refractivity contribution >= 4 is 0 Å². The van der Waals surface area contributed by atoms with E-state index in [1.807, 2.05) is 12.1 Å². The molecule has 1 aromatic carbocycles. The number of piperidine rings is 1. The number of rotatable bonds is 2. The molecule has 2 rings (SSSR count). The average Bonchev–Trinajstić information content (AvgIpc) is 2.35. The summed E-state index contributed by atoms with van der Waals surface area (Å²) in [5.41, 5.74) is 2.28. The van der Waals surface area contributed by atoms with Crippen LogP contribution in [-0.2, 0) is 0 Å². The Kier molecular flexibility index (Phi) is 3.96. The molecule has 1 saturated heterocycles. The van der Waals surface area contributed by atoms with Crippen molar-refractivity contribution in [3.8, 4) is 5.75 Å². The van der Waals surface area contributed by atoms with Crippen molar-refractivity contribution in [2.24, 2.45) is 11.8 Å². The van der Waals surface area contributed by atoms with Gasteiger partial charge in [-0.3, -0.25) is 4.90 Å². The Morgan fingerprint density at radius 3 is 2.67 bits per heavy atom. The SMILES string of the molecule is Cc1ccc(O)c(C(C)N2CCC(C)C(C)C2)c1. The molecule has 1 fully saturated rings.